The van der Waals surface area contributed by atoms with Crippen molar-refractivity contribution in [2.75, 3.05) is 0 Å². The fourth-order valence-corrected chi connectivity index (χ4v) is 0.738. The maximum atomic E-state index is 11.1. The summed E-state index contributed by atoms with van der Waals surface area (Å²) >= 11 is 0. The highest BCUT2D eigenvalue weighted by Crippen LogP contribution is 2.06. The molecule has 3 N–H and O–H groups in total. The Morgan fingerprint density at radius 2 is 1.09 bits per heavy atom. The molecule has 0 aromatic heterocycles. The number of hydrogen-bond acceptors (Lipinski definition) is 6. The molecule has 9 nitrogen and oxygen atoms in total. The number of carbonyl (C=O) groups excluding carboxylic acids is 2. The van der Waals surface area contributed by atoms with E-state index in [1.165, 1.54) is 0 Å². The summed E-state index contributed by atoms with van der Waals surface area (Å²) < 4.78 is 4.17. The molecular formula is C13H14O9. The van der Waals surface area contributed by atoms with Crippen LogP contribution in [0.4, 0.5) is 0 Å². The Morgan fingerprint density at radius 3 is 1.27 bits per heavy atom. The molecule has 0 fully saturated rings. The zero-order valence-electron chi connectivity index (χ0n) is 11.4. The van der Waals surface area contributed by atoms with Crippen molar-refractivity contribution in [1.29, 1.82) is 0 Å². The first kappa shape index (κ1) is 21.1. The van der Waals surface area contributed by atoms with Crippen molar-refractivity contribution in [3.05, 3.63) is 37.0 Å². The SMILES string of the molecule is C=C(CC(=O)O)C(=O)OC(=O)C(=C)CC(=O)O.C=CC(=O)O. The third-order valence-electron chi connectivity index (χ3n) is 1.67. The van der Waals surface area contributed by atoms with Gasteiger partial charge in [0.25, 0.3) is 0 Å². The summed E-state index contributed by atoms with van der Waals surface area (Å²) in [6.07, 6.45) is -0.505. The molecule has 22 heavy (non-hydrogen) atoms. The van der Waals surface area contributed by atoms with Crippen molar-refractivity contribution in [2.24, 2.45) is 0 Å². The Labute approximate surface area is 124 Å². The van der Waals surface area contributed by atoms with Crippen LogP contribution in [0, 0.1) is 0 Å². The van der Waals surface area contributed by atoms with Crippen molar-refractivity contribution in [3.8, 4) is 0 Å². The molecule has 0 unspecified atom stereocenters. The van der Waals surface area contributed by atoms with Gasteiger partial charge in [-0.2, -0.15) is 0 Å². The Balaban J connectivity index is 0. The van der Waals surface area contributed by atoms with Gasteiger partial charge < -0.3 is 20.1 Å². The van der Waals surface area contributed by atoms with Crippen molar-refractivity contribution in [2.45, 2.75) is 12.8 Å². The predicted molar refractivity (Wildman–Crippen MR) is 71.7 cm³/mol. The summed E-state index contributed by atoms with van der Waals surface area (Å²) in [6.45, 7) is 9.19. The molecule has 0 atom stereocenters. The molecule has 0 spiro atoms. The average Bonchev–Trinajstić information content (AvgIpc) is 2.37. The molecule has 0 aromatic rings. The van der Waals surface area contributed by atoms with Gasteiger partial charge in [-0.1, -0.05) is 19.7 Å². The first-order valence-electron chi connectivity index (χ1n) is 5.42. The minimum atomic E-state index is -1.30. The van der Waals surface area contributed by atoms with E-state index in [-0.39, 0.29) is 0 Å². The van der Waals surface area contributed by atoms with Crippen LogP contribution < -0.4 is 0 Å². The molecule has 120 valence electrons. The van der Waals surface area contributed by atoms with Gasteiger partial charge in [-0.05, 0) is 0 Å². The van der Waals surface area contributed by atoms with Crippen LogP contribution in [0.25, 0.3) is 0 Å². The topological polar surface area (TPSA) is 155 Å². The molecule has 0 heterocycles. The van der Waals surface area contributed by atoms with Crippen LogP contribution in [-0.2, 0) is 28.7 Å². The van der Waals surface area contributed by atoms with Gasteiger partial charge in [-0.3, -0.25) is 9.59 Å². The highest BCUT2D eigenvalue weighted by atomic mass is 16.6. The zero-order valence-corrected chi connectivity index (χ0v) is 11.4. The van der Waals surface area contributed by atoms with E-state index >= 15 is 0 Å². The molecule has 0 radical (unpaired) electrons. The molecule has 0 rings (SSSR count). The first-order valence-corrected chi connectivity index (χ1v) is 5.42. The fraction of sp³-hybridized carbons (Fsp3) is 0.154. The lowest BCUT2D eigenvalue weighted by Crippen LogP contribution is -2.18. The van der Waals surface area contributed by atoms with Gasteiger partial charge >= 0.3 is 29.8 Å². The van der Waals surface area contributed by atoms with E-state index in [1.54, 1.807) is 0 Å². The number of carboxylic acid groups (broad SMARTS) is 3. The van der Waals surface area contributed by atoms with Gasteiger partial charge in [0.15, 0.2) is 0 Å². The van der Waals surface area contributed by atoms with Crippen LogP contribution in [0.2, 0.25) is 0 Å². The Morgan fingerprint density at radius 1 is 0.818 bits per heavy atom. The summed E-state index contributed by atoms with van der Waals surface area (Å²) in [5.74, 6) is -6.02. The van der Waals surface area contributed by atoms with E-state index in [2.05, 4.69) is 24.5 Å². The fourth-order valence-electron chi connectivity index (χ4n) is 0.738. The summed E-state index contributed by atoms with van der Waals surface area (Å²) in [7, 11) is 0. The summed E-state index contributed by atoms with van der Waals surface area (Å²) in [5, 5.41) is 24.3. The molecule has 0 aromatic carbocycles. The average molecular weight is 314 g/mol. The quantitative estimate of drug-likeness (QED) is 0.343. The summed E-state index contributed by atoms with van der Waals surface area (Å²) in [4.78, 5) is 51.9. The molecule has 0 aliphatic carbocycles. The molecule has 0 aliphatic rings. The molecule has 0 saturated carbocycles. The molecule has 0 bridgehead atoms. The Bertz CT molecular complexity index is 490. The number of carbonyl (C=O) groups is 5. The third-order valence-corrected chi connectivity index (χ3v) is 1.67. The van der Waals surface area contributed by atoms with E-state index in [1.807, 2.05) is 0 Å². The number of esters is 2. The number of carboxylic acids is 3. The molecule has 0 amide bonds. The minimum Gasteiger partial charge on any atom is -0.481 e. The second-order valence-electron chi connectivity index (χ2n) is 3.57. The number of ether oxygens (including phenoxy) is 1. The zero-order chi connectivity index (χ0) is 17.9. The second kappa shape index (κ2) is 10.5. The molecule has 0 aliphatic heterocycles. The lowest BCUT2D eigenvalue weighted by atomic mass is 10.2. The van der Waals surface area contributed by atoms with Crippen LogP contribution in [0.1, 0.15) is 12.8 Å². The first-order chi connectivity index (χ1) is 10.0. The van der Waals surface area contributed by atoms with Crippen LogP contribution in [0.15, 0.2) is 37.0 Å². The van der Waals surface area contributed by atoms with Gasteiger partial charge in [-0.25, -0.2) is 14.4 Å². The monoisotopic (exact) mass is 314 g/mol. The smallest absolute Gasteiger partial charge is 0.341 e. The molecule has 9 heteroatoms. The highest BCUT2D eigenvalue weighted by molar-refractivity contribution is 6.04. The number of aliphatic carboxylic acids is 3. The van der Waals surface area contributed by atoms with Gasteiger partial charge in [0.05, 0.1) is 12.8 Å². The van der Waals surface area contributed by atoms with E-state index in [9.17, 15) is 24.0 Å². The summed E-state index contributed by atoms with van der Waals surface area (Å²) in [6, 6.07) is 0. The predicted octanol–water partition coefficient (Wildman–Crippen LogP) is 0.375. The maximum absolute atomic E-state index is 11.1. The summed E-state index contributed by atoms with van der Waals surface area (Å²) in [5.41, 5.74) is -0.844. The third kappa shape index (κ3) is 11.8. The van der Waals surface area contributed by atoms with Crippen molar-refractivity contribution < 1.29 is 44.0 Å². The van der Waals surface area contributed by atoms with Gasteiger partial charge in [0.1, 0.15) is 0 Å². The maximum Gasteiger partial charge on any atom is 0.341 e. The number of rotatable bonds is 7. The van der Waals surface area contributed by atoms with Crippen LogP contribution >= 0.6 is 0 Å². The van der Waals surface area contributed by atoms with Gasteiger partial charge in [-0.15, -0.1) is 0 Å². The normalized spacial score (nSPS) is 8.55. The highest BCUT2D eigenvalue weighted by Gasteiger charge is 2.19. The van der Waals surface area contributed by atoms with Crippen LogP contribution in [-0.4, -0.2) is 45.2 Å². The standard InChI is InChI=1S/C10H10O7.C3H4O2/c1-5(3-7(11)12)9(15)17-10(16)6(2)4-8(13)14;1-2-3(4)5/h1-4H2,(H,11,12)(H,13,14);2H,1H2,(H,4,5). The molecule has 0 saturated heterocycles. The lowest BCUT2D eigenvalue weighted by Gasteiger charge is -2.04. The lowest BCUT2D eigenvalue weighted by molar-refractivity contribution is -0.156. The van der Waals surface area contributed by atoms with Crippen LogP contribution in [0.3, 0.4) is 0 Å². The Hall–Kier alpha value is -3.23. The Kier molecular flexibility index (Phi) is 10.1. The number of hydrogen-bond donors (Lipinski definition) is 3. The van der Waals surface area contributed by atoms with Crippen molar-refractivity contribution in [3.63, 3.8) is 0 Å². The van der Waals surface area contributed by atoms with E-state index in [0.717, 1.165) is 6.08 Å². The van der Waals surface area contributed by atoms with Crippen LogP contribution in [0.5, 0.6) is 0 Å². The van der Waals surface area contributed by atoms with E-state index in [4.69, 9.17) is 15.3 Å². The van der Waals surface area contributed by atoms with E-state index in [0.29, 0.717) is 0 Å². The van der Waals surface area contributed by atoms with E-state index < -0.39 is 53.8 Å². The molecular weight excluding hydrogens is 300 g/mol. The second-order valence-corrected chi connectivity index (χ2v) is 3.57. The van der Waals surface area contributed by atoms with Crippen molar-refractivity contribution in [1.82, 2.24) is 0 Å². The minimum absolute atomic E-state index is 0.422. The largest absolute Gasteiger partial charge is 0.481 e. The van der Waals surface area contributed by atoms with Gasteiger partial charge in [0, 0.05) is 17.2 Å². The van der Waals surface area contributed by atoms with Gasteiger partial charge in [0.2, 0.25) is 0 Å². The van der Waals surface area contributed by atoms with Crippen molar-refractivity contribution >= 4 is 29.8 Å².